The number of aryl methyl sites for hydroxylation is 2. The van der Waals surface area contributed by atoms with Crippen LogP contribution in [0.4, 0.5) is 5.69 Å². The molecule has 1 amide bonds. The van der Waals surface area contributed by atoms with E-state index in [2.05, 4.69) is 5.32 Å². The van der Waals surface area contributed by atoms with Crippen molar-refractivity contribution in [1.29, 1.82) is 0 Å². The molecule has 0 fully saturated rings. The number of amides is 1. The van der Waals surface area contributed by atoms with Crippen LogP contribution in [0.25, 0.3) is 11.1 Å². The van der Waals surface area contributed by atoms with E-state index in [-0.39, 0.29) is 5.91 Å². The summed E-state index contributed by atoms with van der Waals surface area (Å²) in [6, 6.07) is 10.7. The average molecular weight is 296 g/mol. The molecule has 0 saturated carbocycles. The van der Waals surface area contributed by atoms with Crippen molar-refractivity contribution in [2.24, 2.45) is 7.05 Å². The second-order valence-electron chi connectivity index (χ2n) is 5.31. The molecular weight excluding hydrogens is 280 g/mol. The van der Waals surface area contributed by atoms with Gasteiger partial charge in [-0.25, -0.2) is 4.79 Å². The number of benzene rings is 2. The van der Waals surface area contributed by atoms with Gasteiger partial charge in [-0.05, 0) is 49.2 Å². The first-order valence-corrected chi connectivity index (χ1v) is 6.94. The van der Waals surface area contributed by atoms with Crippen molar-refractivity contribution in [3.05, 3.63) is 63.6 Å². The van der Waals surface area contributed by atoms with Gasteiger partial charge in [0.2, 0.25) is 0 Å². The summed E-state index contributed by atoms with van der Waals surface area (Å²) in [5.41, 5.74) is 4.43. The number of carbonyl (C=O) groups excluding carboxylic acids is 1. The third kappa shape index (κ3) is 2.30. The van der Waals surface area contributed by atoms with E-state index in [1.54, 1.807) is 25.2 Å². The molecule has 0 radical (unpaired) electrons. The highest BCUT2D eigenvalue weighted by atomic mass is 16.4. The number of nitrogens with one attached hydrogen (secondary N) is 1. The van der Waals surface area contributed by atoms with E-state index in [9.17, 15) is 9.59 Å². The summed E-state index contributed by atoms with van der Waals surface area (Å²) in [6.45, 7) is 3.96. The van der Waals surface area contributed by atoms with Crippen molar-refractivity contribution in [2.75, 3.05) is 5.32 Å². The molecule has 112 valence electrons. The molecule has 0 bridgehead atoms. The molecule has 2 aromatic carbocycles. The second kappa shape index (κ2) is 5.18. The minimum absolute atomic E-state index is 0.234. The quantitative estimate of drug-likeness (QED) is 0.790. The number of rotatable bonds is 2. The normalized spacial score (nSPS) is 10.9. The van der Waals surface area contributed by atoms with Crippen molar-refractivity contribution in [1.82, 2.24) is 4.57 Å². The molecule has 1 N–H and O–H groups in total. The van der Waals surface area contributed by atoms with Gasteiger partial charge in [-0.15, -0.1) is 0 Å². The number of oxazole rings is 1. The first-order chi connectivity index (χ1) is 10.5. The highest BCUT2D eigenvalue weighted by Crippen LogP contribution is 2.20. The van der Waals surface area contributed by atoms with Crippen molar-refractivity contribution in [2.45, 2.75) is 13.8 Å². The molecule has 0 saturated heterocycles. The summed E-state index contributed by atoms with van der Waals surface area (Å²) in [5, 5.41) is 2.89. The first-order valence-electron chi connectivity index (χ1n) is 6.94. The second-order valence-corrected chi connectivity index (χ2v) is 5.31. The smallest absolute Gasteiger partial charge is 0.408 e. The Kier molecular flexibility index (Phi) is 3.33. The molecule has 3 aromatic rings. The van der Waals surface area contributed by atoms with Crippen LogP contribution >= 0.6 is 0 Å². The van der Waals surface area contributed by atoms with Crippen molar-refractivity contribution in [3.8, 4) is 0 Å². The number of aromatic nitrogens is 1. The number of anilines is 1. The lowest BCUT2D eigenvalue weighted by atomic mass is 10.1. The number of hydrogen-bond acceptors (Lipinski definition) is 3. The average Bonchev–Trinajstić information content (AvgIpc) is 2.78. The molecule has 1 heterocycles. The van der Waals surface area contributed by atoms with E-state index in [4.69, 9.17) is 4.42 Å². The van der Waals surface area contributed by atoms with Crippen LogP contribution in [-0.2, 0) is 7.05 Å². The summed E-state index contributed by atoms with van der Waals surface area (Å²) in [4.78, 5) is 23.9. The van der Waals surface area contributed by atoms with Crippen molar-refractivity contribution >= 4 is 22.7 Å². The standard InChI is InChI=1S/C17H16N2O3/c1-10-5-4-6-13(11(10)2)18-16(20)12-7-8-14-15(9-12)22-17(21)19(14)3/h4-9H,1-3H3,(H,18,20). The Morgan fingerprint density at radius 3 is 2.73 bits per heavy atom. The maximum absolute atomic E-state index is 12.4. The van der Waals surface area contributed by atoms with Crippen LogP contribution in [0.2, 0.25) is 0 Å². The first kappa shape index (κ1) is 14.1. The molecule has 0 aliphatic carbocycles. The molecule has 0 aliphatic rings. The number of hydrogen-bond donors (Lipinski definition) is 1. The lowest BCUT2D eigenvalue weighted by Gasteiger charge is -2.10. The molecule has 3 rings (SSSR count). The van der Waals surface area contributed by atoms with Gasteiger partial charge >= 0.3 is 5.76 Å². The van der Waals surface area contributed by atoms with Gasteiger partial charge in [-0.3, -0.25) is 9.36 Å². The van der Waals surface area contributed by atoms with Crippen LogP contribution in [0.3, 0.4) is 0 Å². The molecule has 0 unspecified atom stereocenters. The number of carbonyl (C=O) groups is 1. The molecule has 5 nitrogen and oxygen atoms in total. The summed E-state index contributed by atoms with van der Waals surface area (Å²) in [5.74, 6) is -0.677. The van der Waals surface area contributed by atoms with E-state index in [0.717, 1.165) is 16.8 Å². The zero-order chi connectivity index (χ0) is 15.9. The van der Waals surface area contributed by atoms with Crippen LogP contribution in [0.5, 0.6) is 0 Å². The minimum Gasteiger partial charge on any atom is -0.408 e. The van der Waals surface area contributed by atoms with Crippen LogP contribution in [0.1, 0.15) is 21.5 Å². The van der Waals surface area contributed by atoms with E-state index in [1.165, 1.54) is 4.57 Å². The highest BCUT2D eigenvalue weighted by Gasteiger charge is 2.12. The molecular formula is C17H16N2O3. The monoisotopic (exact) mass is 296 g/mol. The van der Waals surface area contributed by atoms with Gasteiger partial charge in [-0.2, -0.15) is 0 Å². The summed E-state index contributed by atoms with van der Waals surface area (Å²) >= 11 is 0. The van der Waals surface area contributed by atoms with Gasteiger partial charge in [0.1, 0.15) is 0 Å². The predicted molar refractivity (Wildman–Crippen MR) is 85.3 cm³/mol. The largest absolute Gasteiger partial charge is 0.419 e. The van der Waals surface area contributed by atoms with Gasteiger partial charge in [-0.1, -0.05) is 12.1 Å². The van der Waals surface area contributed by atoms with Gasteiger partial charge in [0.25, 0.3) is 5.91 Å². The minimum atomic E-state index is -0.443. The Balaban J connectivity index is 1.95. The third-order valence-corrected chi connectivity index (χ3v) is 3.91. The summed E-state index contributed by atoms with van der Waals surface area (Å²) < 4.78 is 6.51. The Labute approximate surface area is 127 Å². The Morgan fingerprint density at radius 1 is 1.18 bits per heavy atom. The Hall–Kier alpha value is -2.82. The van der Waals surface area contributed by atoms with Gasteiger partial charge in [0, 0.05) is 18.3 Å². The number of nitrogens with zero attached hydrogens (tertiary/aromatic N) is 1. The van der Waals surface area contributed by atoms with Gasteiger partial charge in [0.05, 0.1) is 5.52 Å². The fourth-order valence-corrected chi connectivity index (χ4v) is 2.36. The van der Waals surface area contributed by atoms with Crippen molar-refractivity contribution in [3.63, 3.8) is 0 Å². The zero-order valence-electron chi connectivity index (χ0n) is 12.6. The van der Waals surface area contributed by atoms with Crippen LogP contribution in [-0.4, -0.2) is 10.5 Å². The Morgan fingerprint density at radius 2 is 1.95 bits per heavy atom. The molecule has 22 heavy (non-hydrogen) atoms. The van der Waals surface area contributed by atoms with E-state index in [1.807, 2.05) is 32.0 Å². The van der Waals surface area contributed by atoms with Crippen LogP contribution in [0.15, 0.2) is 45.6 Å². The SMILES string of the molecule is Cc1cccc(NC(=O)c2ccc3c(c2)oc(=O)n3C)c1C. The van der Waals surface area contributed by atoms with Crippen molar-refractivity contribution < 1.29 is 9.21 Å². The predicted octanol–water partition coefficient (Wildman–Crippen LogP) is 3.00. The lowest BCUT2D eigenvalue weighted by molar-refractivity contribution is 0.102. The maximum Gasteiger partial charge on any atom is 0.419 e. The Bertz CT molecular complexity index is 935. The van der Waals surface area contributed by atoms with Crippen LogP contribution in [0, 0.1) is 13.8 Å². The molecule has 1 aromatic heterocycles. The highest BCUT2D eigenvalue weighted by molar-refractivity contribution is 6.06. The molecule has 0 spiro atoms. The zero-order valence-corrected chi connectivity index (χ0v) is 12.6. The van der Waals surface area contributed by atoms with E-state index in [0.29, 0.717) is 16.7 Å². The van der Waals surface area contributed by atoms with E-state index >= 15 is 0 Å². The number of fused-ring (bicyclic) bond motifs is 1. The summed E-state index contributed by atoms with van der Waals surface area (Å²) in [6.07, 6.45) is 0. The van der Waals surface area contributed by atoms with Gasteiger partial charge in [0.15, 0.2) is 5.58 Å². The fraction of sp³-hybridized carbons (Fsp3) is 0.176. The molecule has 0 atom stereocenters. The van der Waals surface area contributed by atoms with Crippen LogP contribution < -0.4 is 11.1 Å². The third-order valence-electron chi connectivity index (χ3n) is 3.91. The topological polar surface area (TPSA) is 64.2 Å². The maximum atomic E-state index is 12.4. The fourth-order valence-electron chi connectivity index (χ4n) is 2.36. The molecule has 0 aliphatic heterocycles. The molecule has 5 heteroatoms. The summed E-state index contributed by atoms with van der Waals surface area (Å²) in [7, 11) is 1.63. The lowest BCUT2D eigenvalue weighted by Crippen LogP contribution is -2.13. The van der Waals surface area contributed by atoms with Gasteiger partial charge < -0.3 is 9.73 Å². The van der Waals surface area contributed by atoms with E-state index < -0.39 is 5.76 Å².